The number of hydrogen-bond donors (Lipinski definition) is 2. The molecule has 3 aliphatic heterocycles. The van der Waals surface area contributed by atoms with Crippen LogP contribution in [0.3, 0.4) is 0 Å². The first kappa shape index (κ1) is 55.2. The normalized spacial score (nSPS) is 20.9. The van der Waals surface area contributed by atoms with E-state index in [1.54, 1.807) is 25.3 Å². The van der Waals surface area contributed by atoms with E-state index in [4.69, 9.17) is 14.5 Å². The largest absolute Gasteiger partial charge is 0.464 e. The monoisotopic (exact) mass is 987 g/mol. The fraction of sp³-hybridized carbons (Fsp3) is 0.544. The van der Waals surface area contributed by atoms with Gasteiger partial charge in [-0.1, -0.05) is 76.6 Å². The molecule has 3 aliphatic rings. The molecule has 3 aromatic rings. The fourth-order valence-electron chi connectivity index (χ4n) is 10.1. The minimum Gasteiger partial charge on any atom is -0.464 e. The van der Waals surface area contributed by atoms with Crippen molar-refractivity contribution in [3.05, 3.63) is 77.6 Å². The molecule has 72 heavy (non-hydrogen) atoms. The van der Waals surface area contributed by atoms with Crippen molar-refractivity contribution in [3.63, 3.8) is 0 Å². The van der Waals surface area contributed by atoms with Crippen molar-refractivity contribution in [2.75, 3.05) is 54.5 Å². The van der Waals surface area contributed by atoms with Crippen LogP contribution in [-0.4, -0.2) is 144 Å². The summed E-state index contributed by atoms with van der Waals surface area (Å²) >= 11 is 0. The van der Waals surface area contributed by atoms with Gasteiger partial charge in [0, 0.05) is 74.9 Å². The molecule has 6 rings (SSSR count). The van der Waals surface area contributed by atoms with Crippen LogP contribution in [0.15, 0.2) is 65.8 Å². The lowest BCUT2D eigenvalue weighted by molar-refractivity contribution is -0.155. The van der Waals surface area contributed by atoms with Gasteiger partial charge in [-0.05, 0) is 121 Å². The van der Waals surface area contributed by atoms with E-state index in [0.717, 1.165) is 50.1 Å². The molecule has 4 amide bonds. The molecule has 0 radical (unpaired) electrons. The van der Waals surface area contributed by atoms with E-state index >= 15 is 0 Å². The number of aliphatic imine (C=N–C) groups is 1. The number of esters is 1. The number of ether oxygens (including phenoxy) is 2. The van der Waals surface area contributed by atoms with Crippen molar-refractivity contribution in [2.24, 2.45) is 22.2 Å². The van der Waals surface area contributed by atoms with Crippen LogP contribution >= 0.6 is 0 Å². The van der Waals surface area contributed by atoms with Gasteiger partial charge < -0.3 is 29.2 Å². The first-order chi connectivity index (χ1) is 34.1. The molecule has 15 nitrogen and oxygen atoms in total. The van der Waals surface area contributed by atoms with Crippen molar-refractivity contribution in [1.82, 2.24) is 35.0 Å². The standard InChI is InChI=1S/C57H78N8O7/c1-15-42(49(58-16-2)37(6)71-14)51-44-33-56(7,8)35-72-55(70)45-22-19-28-65(60-45)54(69)46(31-38-20-18-21-39(30-38)40-23-24-47(43(44)32-40)64(51)17-3)59-52(67)50(36(4)5)62(13)53(68)41-26-29-63(34-41)48(66)25-27-57(9,10)61(11)12/h15-16,18,20-21,23-24,30,32,36-37,41,45-46,50,60H,1,17,19,22,26,28-29,31,33-35H2,2-14H3,(H,59,67)/b49-42+,58-16-/t37-,41-,45-,46-,50-/m0/s1. The molecule has 1 aromatic heterocycles. The Balaban J connectivity index is 1.38. The van der Waals surface area contributed by atoms with Gasteiger partial charge in [-0.25, -0.2) is 5.43 Å². The molecule has 2 saturated heterocycles. The molecular formula is C57H78N8O7. The number of rotatable bonds is 12. The highest BCUT2D eigenvalue weighted by Gasteiger charge is 2.40. The molecule has 15 heteroatoms. The van der Waals surface area contributed by atoms with Gasteiger partial charge in [-0.15, -0.1) is 0 Å². The second kappa shape index (κ2) is 23.2. The van der Waals surface area contributed by atoms with Gasteiger partial charge in [-0.3, -0.25) is 38.9 Å². The Hall–Kier alpha value is -6.08. The number of cyclic esters (lactones) is 1. The number of nitrogens with zero attached hydrogens (tertiary/aromatic N) is 6. The number of carbonyl (C=O) groups is 5. The maximum Gasteiger partial charge on any atom is 0.324 e. The number of carbonyl (C=O) groups excluding carboxylic acids is 5. The van der Waals surface area contributed by atoms with Crippen molar-refractivity contribution in [1.29, 1.82) is 0 Å². The lowest BCUT2D eigenvalue weighted by Gasteiger charge is -2.37. The van der Waals surface area contributed by atoms with Gasteiger partial charge in [-0.2, -0.15) is 0 Å². The number of benzene rings is 2. The number of nitrogens with one attached hydrogen (secondary N) is 2. The number of aryl methyl sites for hydroxylation is 1. The van der Waals surface area contributed by atoms with E-state index in [1.165, 1.54) is 9.91 Å². The molecule has 2 N–H and O–H groups in total. The van der Waals surface area contributed by atoms with Crippen LogP contribution < -0.4 is 10.7 Å². The topological polar surface area (TPSA) is 158 Å². The third-order valence-corrected chi connectivity index (χ3v) is 14.6. The van der Waals surface area contributed by atoms with E-state index in [2.05, 4.69) is 78.8 Å². The van der Waals surface area contributed by atoms with E-state index in [0.29, 0.717) is 45.3 Å². The first-order valence-corrected chi connectivity index (χ1v) is 25.5. The highest BCUT2D eigenvalue weighted by atomic mass is 16.5. The highest BCUT2D eigenvalue weighted by molar-refractivity contribution is 5.97. The van der Waals surface area contributed by atoms with E-state index in [9.17, 15) is 24.0 Å². The lowest BCUT2D eigenvalue weighted by atomic mass is 9.84. The van der Waals surface area contributed by atoms with Crippen molar-refractivity contribution >= 4 is 52.3 Å². The molecule has 0 spiro atoms. The summed E-state index contributed by atoms with van der Waals surface area (Å²) in [6, 6.07) is 11.6. The predicted molar refractivity (Wildman–Crippen MR) is 284 cm³/mol. The van der Waals surface area contributed by atoms with E-state index < -0.39 is 52.8 Å². The average Bonchev–Trinajstić information content (AvgIpc) is 3.96. The summed E-state index contributed by atoms with van der Waals surface area (Å²) in [5.74, 6) is 3.00. The molecule has 2 fully saturated rings. The predicted octanol–water partition coefficient (Wildman–Crippen LogP) is 6.67. The van der Waals surface area contributed by atoms with Crippen LogP contribution in [0, 0.1) is 29.1 Å². The number of aromatic nitrogens is 1. The van der Waals surface area contributed by atoms with Crippen LogP contribution in [0.1, 0.15) is 98.4 Å². The summed E-state index contributed by atoms with van der Waals surface area (Å²) in [4.78, 5) is 80.7. The lowest BCUT2D eigenvalue weighted by Crippen LogP contribution is -2.62. The highest BCUT2D eigenvalue weighted by Crippen LogP contribution is 2.40. The molecular weight excluding hydrogens is 909 g/mol. The Morgan fingerprint density at radius 1 is 1.07 bits per heavy atom. The molecule has 2 aromatic carbocycles. The average molecular weight is 987 g/mol. The van der Waals surface area contributed by atoms with E-state index in [1.807, 2.05) is 84.8 Å². The smallest absolute Gasteiger partial charge is 0.324 e. The molecule has 0 aliphatic carbocycles. The number of allylic oxidation sites excluding steroid dienone is 2. The number of likely N-dealkylation sites (N-methyl/N-ethyl adjacent to an activating group) is 1. The van der Waals surface area contributed by atoms with Crippen molar-refractivity contribution in [2.45, 2.75) is 131 Å². The zero-order valence-corrected chi connectivity index (χ0v) is 45.0. The summed E-state index contributed by atoms with van der Waals surface area (Å²) in [6.07, 6.45) is 5.40. The van der Waals surface area contributed by atoms with Gasteiger partial charge in [0.15, 0.2) is 0 Å². The fourth-order valence-corrected chi connectivity index (χ4v) is 10.1. The van der Waals surface area contributed by atoms with Gasteiger partial charge in [0.1, 0.15) is 18.1 Å². The molecule has 6 bridgehead atoms. The van der Waals surface area contributed by atoms with Crippen molar-refractivity contribution in [3.8, 4) is 23.0 Å². The Kier molecular flexibility index (Phi) is 17.8. The second-order valence-electron chi connectivity index (χ2n) is 21.4. The van der Waals surface area contributed by atoms with Crippen LogP contribution in [0.25, 0.3) is 27.6 Å². The third kappa shape index (κ3) is 12.2. The van der Waals surface area contributed by atoms with Gasteiger partial charge >= 0.3 is 5.97 Å². The number of amides is 4. The molecule has 388 valence electrons. The quantitative estimate of drug-likeness (QED) is 0.0876. The second-order valence-corrected chi connectivity index (χ2v) is 21.4. The number of hydrogen-bond acceptors (Lipinski definition) is 10. The van der Waals surface area contributed by atoms with Gasteiger partial charge in [0.05, 0.1) is 35.6 Å². The molecule has 4 heterocycles. The van der Waals surface area contributed by atoms with Crippen molar-refractivity contribution < 1.29 is 33.4 Å². The summed E-state index contributed by atoms with van der Waals surface area (Å²) in [6.45, 7) is 23.7. The summed E-state index contributed by atoms with van der Waals surface area (Å²) in [7, 11) is 7.08. The summed E-state index contributed by atoms with van der Waals surface area (Å²) in [5.41, 5.74) is 9.50. The number of hydrazine groups is 1. The Morgan fingerprint density at radius 2 is 1.79 bits per heavy atom. The number of fused-ring (bicyclic) bond motifs is 6. The van der Waals surface area contributed by atoms with E-state index in [-0.39, 0.29) is 43.4 Å². The first-order valence-electron chi connectivity index (χ1n) is 25.5. The minimum atomic E-state index is -1.07. The maximum atomic E-state index is 14.8. The summed E-state index contributed by atoms with van der Waals surface area (Å²) < 4.78 is 14.3. The van der Waals surface area contributed by atoms with Crippen LogP contribution in [0.2, 0.25) is 0 Å². The SMILES string of the molecule is C=C/C(=C(\N=C/C)[C@H](C)OC)c1c2c3cc(ccc3n1CC)-c1cccc(c1)C[C@H](NC(=O)[C@H](C(C)C)N(C)C(=O)[C@H]1CCN(C(=O)C#CC(C)(C)N(C)C)C1)C(=O)N1CCC[C@H](N1)C(=O)OCC(C)(C)C2. The molecule has 0 saturated carbocycles. The van der Waals surface area contributed by atoms with Crippen LogP contribution in [0.4, 0.5) is 0 Å². The third-order valence-electron chi connectivity index (χ3n) is 14.6. The minimum absolute atomic E-state index is 0.111. The van der Waals surface area contributed by atoms with Crippen LogP contribution in [-0.2, 0) is 52.8 Å². The Labute approximate surface area is 427 Å². The number of methoxy groups -OCH3 is 1. The zero-order chi connectivity index (χ0) is 52.8. The maximum absolute atomic E-state index is 14.8. The molecule has 0 unspecified atom stereocenters. The number of likely N-dealkylation sites (tertiary alicyclic amines) is 1. The summed E-state index contributed by atoms with van der Waals surface area (Å²) in [5, 5.41) is 5.55. The van der Waals surface area contributed by atoms with Gasteiger partial charge in [0.2, 0.25) is 11.8 Å². The zero-order valence-electron chi connectivity index (χ0n) is 45.0. The Morgan fingerprint density at radius 3 is 2.44 bits per heavy atom. The van der Waals surface area contributed by atoms with Gasteiger partial charge in [0.25, 0.3) is 11.8 Å². The molecule has 5 atom stereocenters. The van der Waals surface area contributed by atoms with Crippen LogP contribution in [0.5, 0.6) is 0 Å². The Bertz CT molecular complexity index is 2670.